The van der Waals surface area contributed by atoms with E-state index < -0.39 is 23.7 Å². The van der Waals surface area contributed by atoms with Crippen molar-refractivity contribution in [2.75, 3.05) is 4.90 Å². The van der Waals surface area contributed by atoms with E-state index in [2.05, 4.69) is 31.9 Å². The lowest BCUT2D eigenvalue weighted by Crippen LogP contribution is -2.39. The molecule has 9 heteroatoms. The van der Waals surface area contributed by atoms with Gasteiger partial charge in [-0.15, -0.1) is 0 Å². The van der Waals surface area contributed by atoms with E-state index in [9.17, 15) is 24.3 Å². The highest BCUT2D eigenvalue weighted by Gasteiger charge is 2.56. The number of anilines is 1. The number of benzene rings is 2. The SMILES string of the molecule is O=C1C=C(Br)C(=O)C2=C1[C@@H](c1cc(Br)ccc1O)C1=CC[C@@H]3C(=O)N(c4ccc(Cl)cc4)C(=O)[C@@H]3[C@@H]1C2. The Morgan fingerprint density at radius 3 is 2.41 bits per heavy atom. The molecule has 3 aliphatic carbocycles. The van der Waals surface area contributed by atoms with Gasteiger partial charge in [-0.25, -0.2) is 0 Å². The molecule has 1 heterocycles. The first-order chi connectivity index (χ1) is 17.7. The van der Waals surface area contributed by atoms with E-state index in [4.69, 9.17) is 11.6 Å². The molecule has 2 aromatic rings. The Bertz CT molecular complexity index is 1520. The molecule has 1 fully saturated rings. The van der Waals surface area contributed by atoms with E-state index >= 15 is 0 Å². The zero-order valence-electron chi connectivity index (χ0n) is 19.1. The molecule has 1 saturated heterocycles. The maximum Gasteiger partial charge on any atom is 0.238 e. The second kappa shape index (κ2) is 8.89. The lowest BCUT2D eigenvalue weighted by atomic mass is 9.59. The van der Waals surface area contributed by atoms with Crippen LogP contribution in [0.1, 0.15) is 24.3 Å². The van der Waals surface area contributed by atoms with Crippen LogP contribution in [-0.2, 0) is 19.2 Å². The van der Waals surface area contributed by atoms with Crippen molar-refractivity contribution in [2.45, 2.75) is 18.8 Å². The highest BCUT2D eigenvalue weighted by Crippen LogP contribution is 2.56. The van der Waals surface area contributed by atoms with Gasteiger partial charge >= 0.3 is 0 Å². The second-order valence-corrected chi connectivity index (χ2v) is 11.8. The van der Waals surface area contributed by atoms with Crippen molar-refractivity contribution >= 4 is 72.5 Å². The molecule has 2 aromatic carbocycles. The minimum Gasteiger partial charge on any atom is -0.508 e. The summed E-state index contributed by atoms with van der Waals surface area (Å²) in [6.07, 6.45) is 3.67. The number of phenols is 1. The lowest BCUT2D eigenvalue weighted by molar-refractivity contribution is -0.123. The summed E-state index contributed by atoms with van der Waals surface area (Å²) >= 11 is 12.7. The smallest absolute Gasteiger partial charge is 0.238 e. The number of amides is 2. The molecule has 4 atom stereocenters. The van der Waals surface area contributed by atoms with Crippen LogP contribution in [0.15, 0.2) is 80.3 Å². The first-order valence-corrected chi connectivity index (χ1v) is 13.6. The lowest BCUT2D eigenvalue weighted by Gasteiger charge is -2.42. The van der Waals surface area contributed by atoms with Gasteiger partial charge in [0.2, 0.25) is 11.8 Å². The van der Waals surface area contributed by atoms with Crippen LogP contribution < -0.4 is 4.90 Å². The fraction of sp³-hybridized carbons (Fsp3) is 0.214. The maximum absolute atomic E-state index is 13.8. The van der Waals surface area contributed by atoms with Crippen LogP contribution in [0.25, 0.3) is 0 Å². The van der Waals surface area contributed by atoms with Crippen LogP contribution in [0.4, 0.5) is 5.69 Å². The van der Waals surface area contributed by atoms with Gasteiger partial charge in [-0.05, 0) is 77.2 Å². The summed E-state index contributed by atoms with van der Waals surface area (Å²) in [7, 11) is 0. The van der Waals surface area contributed by atoms with Crippen LogP contribution in [-0.4, -0.2) is 28.5 Å². The molecule has 6 rings (SSSR count). The number of allylic oxidation sites excluding steroid dienone is 6. The minimum absolute atomic E-state index is 0.0193. The van der Waals surface area contributed by atoms with Crippen molar-refractivity contribution in [3.63, 3.8) is 0 Å². The third-order valence-electron chi connectivity index (χ3n) is 7.72. The van der Waals surface area contributed by atoms with Gasteiger partial charge in [0, 0.05) is 38.2 Å². The number of hydrogen-bond acceptors (Lipinski definition) is 5. The van der Waals surface area contributed by atoms with Crippen LogP contribution in [0.5, 0.6) is 5.75 Å². The second-order valence-electron chi connectivity index (χ2n) is 9.59. The van der Waals surface area contributed by atoms with Gasteiger partial charge in [0.15, 0.2) is 11.6 Å². The summed E-state index contributed by atoms with van der Waals surface area (Å²) in [5.41, 5.74) is 2.32. The zero-order valence-corrected chi connectivity index (χ0v) is 23.0. The predicted molar refractivity (Wildman–Crippen MR) is 144 cm³/mol. The fourth-order valence-electron chi connectivity index (χ4n) is 6.16. The molecule has 0 spiro atoms. The van der Waals surface area contributed by atoms with Crippen molar-refractivity contribution in [1.29, 1.82) is 0 Å². The summed E-state index contributed by atoms with van der Waals surface area (Å²) in [5, 5.41) is 11.3. The van der Waals surface area contributed by atoms with E-state index in [-0.39, 0.29) is 40.0 Å². The number of ketones is 2. The van der Waals surface area contributed by atoms with E-state index in [0.29, 0.717) is 38.3 Å². The molecule has 0 radical (unpaired) electrons. The largest absolute Gasteiger partial charge is 0.508 e. The molecular weight excluding hydrogens is 626 g/mol. The zero-order chi connectivity index (χ0) is 26.2. The first kappa shape index (κ1) is 24.5. The van der Waals surface area contributed by atoms with E-state index in [1.165, 1.54) is 17.0 Å². The van der Waals surface area contributed by atoms with Gasteiger partial charge in [-0.2, -0.15) is 0 Å². The Hall–Kier alpha value is -2.81. The summed E-state index contributed by atoms with van der Waals surface area (Å²) in [4.78, 5) is 55.0. The summed E-state index contributed by atoms with van der Waals surface area (Å²) in [6.45, 7) is 0. The van der Waals surface area contributed by atoms with Crippen molar-refractivity contribution in [3.8, 4) is 5.75 Å². The number of fused-ring (bicyclic) bond motifs is 3. The van der Waals surface area contributed by atoms with Crippen molar-refractivity contribution in [2.24, 2.45) is 17.8 Å². The Kier molecular flexibility index (Phi) is 5.89. The van der Waals surface area contributed by atoms with Gasteiger partial charge in [0.05, 0.1) is 22.0 Å². The molecular formula is C28H18Br2ClNO5. The Morgan fingerprint density at radius 2 is 1.68 bits per heavy atom. The molecule has 0 bridgehead atoms. The standard InChI is InChI=1S/C28H18Br2ClNO5/c29-12-1-8-21(33)18(9-12)23-15-6-7-16-24(17(15)10-19-25(23)22(34)11-20(30)26(19)35)28(37)32(27(16)36)14-4-2-13(31)3-5-14/h1-6,8-9,11,16-17,23-24,33H,7,10H2/t16-,17+,23+,24-/m0/s1. The average Bonchev–Trinajstić information content (AvgIpc) is 3.13. The number of carbonyl (C=O) groups is 4. The topological polar surface area (TPSA) is 91.8 Å². The van der Waals surface area contributed by atoms with Crippen LogP contribution in [0, 0.1) is 17.8 Å². The molecule has 4 aliphatic rings. The Morgan fingerprint density at radius 1 is 0.946 bits per heavy atom. The van der Waals surface area contributed by atoms with Crippen LogP contribution in [0.3, 0.4) is 0 Å². The number of imide groups is 1. The monoisotopic (exact) mass is 641 g/mol. The van der Waals surface area contributed by atoms with E-state index in [1.807, 2.05) is 6.08 Å². The van der Waals surface area contributed by atoms with Gasteiger partial charge in [0.25, 0.3) is 0 Å². The van der Waals surface area contributed by atoms with Crippen molar-refractivity contribution in [1.82, 2.24) is 0 Å². The number of Topliss-reactive ketones (excluding diaryl/α,β-unsaturated/α-hetero) is 1. The first-order valence-electron chi connectivity index (χ1n) is 11.7. The van der Waals surface area contributed by atoms with Crippen LogP contribution in [0.2, 0.25) is 5.02 Å². The number of rotatable bonds is 2. The van der Waals surface area contributed by atoms with E-state index in [0.717, 1.165) is 5.57 Å². The minimum atomic E-state index is -0.715. The predicted octanol–water partition coefficient (Wildman–Crippen LogP) is 5.77. The third-order valence-corrected chi connectivity index (χ3v) is 9.05. The molecule has 6 nitrogen and oxygen atoms in total. The van der Waals surface area contributed by atoms with Crippen molar-refractivity contribution < 1.29 is 24.3 Å². The van der Waals surface area contributed by atoms with Crippen molar-refractivity contribution in [3.05, 3.63) is 90.9 Å². The number of halogens is 3. The van der Waals surface area contributed by atoms with E-state index in [1.54, 1.807) is 36.4 Å². The molecule has 0 unspecified atom stereocenters. The fourth-order valence-corrected chi connectivity index (χ4v) is 7.12. The third kappa shape index (κ3) is 3.72. The molecule has 1 N–H and O–H groups in total. The normalized spacial score (nSPS) is 27.1. The van der Waals surface area contributed by atoms with Gasteiger partial charge in [0.1, 0.15) is 5.75 Å². The summed E-state index contributed by atoms with van der Waals surface area (Å²) in [5.74, 6) is -3.75. The van der Waals surface area contributed by atoms with Gasteiger partial charge in [-0.3, -0.25) is 24.1 Å². The highest BCUT2D eigenvalue weighted by molar-refractivity contribution is 9.12. The quantitative estimate of drug-likeness (QED) is 0.255. The molecule has 0 saturated carbocycles. The summed E-state index contributed by atoms with van der Waals surface area (Å²) in [6, 6.07) is 11.5. The maximum atomic E-state index is 13.8. The number of hydrogen-bond donors (Lipinski definition) is 1. The average molecular weight is 644 g/mol. The van der Waals surface area contributed by atoms with Gasteiger partial charge in [-0.1, -0.05) is 39.2 Å². The molecule has 37 heavy (non-hydrogen) atoms. The van der Waals surface area contributed by atoms with Gasteiger partial charge < -0.3 is 5.11 Å². The highest BCUT2D eigenvalue weighted by atomic mass is 79.9. The molecule has 186 valence electrons. The number of phenolic OH excluding ortho intramolecular Hbond substituents is 1. The Balaban J connectivity index is 1.50. The molecule has 0 aromatic heterocycles. The number of nitrogens with zero attached hydrogens (tertiary/aromatic N) is 1. The number of aromatic hydroxyl groups is 1. The van der Waals surface area contributed by atoms with Crippen LogP contribution >= 0.6 is 43.5 Å². The summed E-state index contributed by atoms with van der Waals surface area (Å²) < 4.78 is 0.857. The number of carbonyl (C=O) groups excluding carboxylic acids is 4. The molecule has 1 aliphatic heterocycles. The Labute approximate surface area is 233 Å². The molecule has 2 amide bonds.